The van der Waals surface area contributed by atoms with Gasteiger partial charge in [-0.2, -0.15) is 0 Å². The Morgan fingerprint density at radius 2 is 2.05 bits per heavy atom. The summed E-state index contributed by atoms with van der Waals surface area (Å²) in [7, 11) is 1.62. The van der Waals surface area contributed by atoms with Crippen LogP contribution in [-0.2, 0) is 16.0 Å². The minimum absolute atomic E-state index is 0.0394. The Labute approximate surface area is 120 Å². The molecule has 3 nitrogen and oxygen atoms in total. The standard InChI is InChI=1S/C15H22ClNO2/c1-12-3-5-13(6-4-12)7-8-15(18)17-10-9-14(16)11-19-2/h3-6,14H,7-11H2,1-2H3,(H,17,18). The van der Waals surface area contributed by atoms with E-state index in [-0.39, 0.29) is 11.3 Å². The van der Waals surface area contributed by atoms with Crippen LogP contribution in [0, 0.1) is 6.92 Å². The Kier molecular flexibility index (Phi) is 7.53. The van der Waals surface area contributed by atoms with Crippen LogP contribution in [-0.4, -0.2) is 31.5 Å². The van der Waals surface area contributed by atoms with E-state index in [4.69, 9.17) is 16.3 Å². The molecule has 0 saturated carbocycles. The summed E-state index contributed by atoms with van der Waals surface area (Å²) in [6.07, 6.45) is 2.01. The van der Waals surface area contributed by atoms with E-state index >= 15 is 0 Å². The zero-order valence-corrected chi connectivity index (χ0v) is 12.4. The molecule has 0 aliphatic rings. The van der Waals surface area contributed by atoms with E-state index in [1.165, 1.54) is 11.1 Å². The number of methoxy groups -OCH3 is 1. The third-order valence-corrected chi connectivity index (χ3v) is 3.23. The molecule has 0 spiro atoms. The van der Waals surface area contributed by atoms with Crippen LogP contribution in [0.2, 0.25) is 0 Å². The summed E-state index contributed by atoms with van der Waals surface area (Å²) in [6.45, 7) is 3.17. The molecular formula is C15H22ClNO2. The molecule has 0 heterocycles. The van der Waals surface area contributed by atoms with E-state index in [0.717, 1.165) is 12.8 Å². The van der Waals surface area contributed by atoms with Crippen molar-refractivity contribution in [3.8, 4) is 0 Å². The normalized spacial score (nSPS) is 12.2. The Balaban J connectivity index is 2.16. The van der Waals surface area contributed by atoms with Crippen molar-refractivity contribution >= 4 is 17.5 Å². The van der Waals surface area contributed by atoms with Crippen LogP contribution < -0.4 is 5.32 Å². The van der Waals surface area contributed by atoms with Crippen molar-refractivity contribution in [2.75, 3.05) is 20.3 Å². The number of alkyl halides is 1. The van der Waals surface area contributed by atoms with Gasteiger partial charge in [-0.25, -0.2) is 0 Å². The molecule has 0 aromatic heterocycles. The van der Waals surface area contributed by atoms with Gasteiger partial charge in [0.2, 0.25) is 5.91 Å². The summed E-state index contributed by atoms with van der Waals surface area (Å²) in [5, 5.41) is 2.84. The van der Waals surface area contributed by atoms with E-state index in [1.807, 2.05) is 0 Å². The Bertz CT molecular complexity index is 378. The van der Waals surface area contributed by atoms with Crippen molar-refractivity contribution in [1.29, 1.82) is 0 Å². The second-order valence-electron chi connectivity index (χ2n) is 4.68. The lowest BCUT2D eigenvalue weighted by molar-refractivity contribution is -0.121. The van der Waals surface area contributed by atoms with Gasteiger partial charge in [-0.1, -0.05) is 29.8 Å². The van der Waals surface area contributed by atoms with Crippen LogP contribution in [0.25, 0.3) is 0 Å². The SMILES string of the molecule is COCC(Cl)CCNC(=O)CCc1ccc(C)cc1. The number of halogens is 1. The van der Waals surface area contributed by atoms with Crippen LogP contribution in [0.1, 0.15) is 24.0 Å². The lowest BCUT2D eigenvalue weighted by Gasteiger charge is -2.09. The monoisotopic (exact) mass is 283 g/mol. The quantitative estimate of drug-likeness (QED) is 0.745. The van der Waals surface area contributed by atoms with Gasteiger partial charge in [0.25, 0.3) is 0 Å². The van der Waals surface area contributed by atoms with Crippen LogP contribution >= 0.6 is 11.6 Å². The molecule has 1 rings (SSSR count). The number of carbonyl (C=O) groups excluding carboxylic acids is 1. The largest absolute Gasteiger partial charge is 0.383 e. The predicted molar refractivity (Wildman–Crippen MR) is 78.6 cm³/mol. The molecule has 0 aliphatic carbocycles. The number of hydrogen-bond donors (Lipinski definition) is 1. The zero-order valence-electron chi connectivity index (χ0n) is 11.6. The predicted octanol–water partition coefficient (Wildman–Crippen LogP) is 2.69. The first-order chi connectivity index (χ1) is 9.11. The molecule has 1 atom stereocenters. The van der Waals surface area contributed by atoms with Gasteiger partial charge in [0.05, 0.1) is 12.0 Å². The van der Waals surface area contributed by atoms with Gasteiger partial charge in [-0.15, -0.1) is 11.6 Å². The van der Waals surface area contributed by atoms with Gasteiger partial charge in [0.15, 0.2) is 0 Å². The molecule has 0 saturated heterocycles. The maximum absolute atomic E-state index is 11.6. The van der Waals surface area contributed by atoms with Crippen molar-refractivity contribution < 1.29 is 9.53 Å². The van der Waals surface area contributed by atoms with Gasteiger partial charge in [0.1, 0.15) is 0 Å². The number of carbonyl (C=O) groups is 1. The fraction of sp³-hybridized carbons (Fsp3) is 0.533. The average Bonchev–Trinajstić information content (AvgIpc) is 2.38. The molecule has 1 unspecified atom stereocenters. The number of ether oxygens (including phenoxy) is 1. The van der Waals surface area contributed by atoms with Crippen LogP contribution in [0.3, 0.4) is 0 Å². The van der Waals surface area contributed by atoms with Gasteiger partial charge in [-0.3, -0.25) is 4.79 Å². The molecule has 1 N–H and O–H groups in total. The highest BCUT2D eigenvalue weighted by molar-refractivity contribution is 6.20. The smallest absolute Gasteiger partial charge is 0.220 e. The highest BCUT2D eigenvalue weighted by atomic mass is 35.5. The number of aryl methyl sites for hydroxylation is 2. The first-order valence-electron chi connectivity index (χ1n) is 6.57. The fourth-order valence-corrected chi connectivity index (χ4v) is 1.97. The summed E-state index contributed by atoms with van der Waals surface area (Å²) in [5.41, 5.74) is 2.43. The number of hydrogen-bond acceptors (Lipinski definition) is 2. The second-order valence-corrected chi connectivity index (χ2v) is 5.29. The minimum atomic E-state index is -0.0394. The molecule has 4 heteroatoms. The molecule has 1 aromatic rings. The highest BCUT2D eigenvalue weighted by Crippen LogP contribution is 2.06. The van der Waals surface area contributed by atoms with Crippen LogP contribution in [0.15, 0.2) is 24.3 Å². The number of amides is 1. The van der Waals surface area contributed by atoms with Crippen molar-refractivity contribution in [3.63, 3.8) is 0 Å². The lowest BCUT2D eigenvalue weighted by atomic mass is 10.1. The summed E-state index contributed by atoms with van der Waals surface area (Å²) < 4.78 is 4.93. The molecule has 106 valence electrons. The molecule has 0 aliphatic heterocycles. The lowest BCUT2D eigenvalue weighted by Crippen LogP contribution is -2.27. The first kappa shape index (κ1) is 16.0. The first-order valence-corrected chi connectivity index (χ1v) is 7.00. The molecule has 1 amide bonds. The number of benzene rings is 1. The van der Waals surface area contributed by atoms with Crippen molar-refractivity contribution in [2.45, 2.75) is 31.6 Å². The topological polar surface area (TPSA) is 38.3 Å². The van der Waals surface area contributed by atoms with Gasteiger partial charge in [-0.05, 0) is 25.3 Å². The molecule has 1 aromatic carbocycles. The fourth-order valence-electron chi connectivity index (χ4n) is 1.73. The maximum atomic E-state index is 11.6. The van der Waals surface area contributed by atoms with E-state index in [9.17, 15) is 4.79 Å². The second kappa shape index (κ2) is 8.94. The Morgan fingerprint density at radius 1 is 1.37 bits per heavy atom. The number of nitrogens with one attached hydrogen (secondary N) is 1. The van der Waals surface area contributed by atoms with E-state index in [0.29, 0.717) is 19.6 Å². The van der Waals surface area contributed by atoms with Crippen LogP contribution in [0.5, 0.6) is 0 Å². The van der Waals surface area contributed by atoms with Crippen LogP contribution in [0.4, 0.5) is 0 Å². The van der Waals surface area contributed by atoms with Gasteiger partial charge in [0, 0.05) is 20.1 Å². The highest BCUT2D eigenvalue weighted by Gasteiger charge is 2.06. The maximum Gasteiger partial charge on any atom is 0.220 e. The molecule has 0 bridgehead atoms. The van der Waals surface area contributed by atoms with Gasteiger partial charge >= 0.3 is 0 Å². The number of rotatable bonds is 8. The van der Waals surface area contributed by atoms with E-state index in [1.54, 1.807) is 7.11 Å². The van der Waals surface area contributed by atoms with Crippen molar-refractivity contribution in [1.82, 2.24) is 5.32 Å². The summed E-state index contributed by atoms with van der Waals surface area (Å²) >= 11 is 5.98. The minimum Gasteiger partial charge on any atom is -0.383 e. The summed E-state index contributed by atoms with van der Waals surface area (Å²) in [5.74, 6) is 0.0712. The van der Waals surface area contributed by atoms with Gasteiger partial charge < -0.3 is 10.1 Å². The molecule has 19 heavy (non-hydrogen) atoms. The molecular weight excluding hydrogens is 262 g/mol. The van der Waals surface area contributed by atoms with E-state index < -0.39 is 0 Å². The average molecular weight is 284 g/mol. The zero-order chi connectivity index (χ0) is 14.1. The summed E-state index contributed by atoms with van der Waals surface area (Å²) in [4.78, 5) is 11.6. The van der Waals surface area contributed by atoms with E-state index in [2.05, 4.69) is 36.5 Å². The molecule has 0 radical (unpaired) electrons. The van der Waals surface area contributed by atoms with Crippen molar-refractivity contribution in [2.24, 2.45) is 0 Å². The Hall–Kier alpha value is -1.06. The Morgan fingerprint density at radius 3 is 2.68 bits per heavy atom. The third-order valence-electron chi connectivity index (χ3n) is 2.89. The third kappa shape index (κ3) is 7.19. The summed E-state index contributed by atoms with van der Waals surface area (Å²) in [6, 6.07) is 8.26. The van der Waals surface area contributed by atoms with Crippen molar-refractivity contribution in [3.05, 3.63) is 35.4 Å². The molecule has 0 fully saturated rings.